The summed E-state index contributed by atoms with van der Waals surface area (Å²) in [5.41, 5.74) is 0. The molecule has 0 fully saturated rings. The Bertz CT molecular complexity index is 111. The maximum Gasteiger partial charge on any atom is 0.589 e. The summed E-state index contributed by atoms with van der Waals surface area (Å²) in [6, 6.07) is 0. The molecule has 0 radical (unpaired) electrons. The zero-order valence-electron chi connectivity index (χ0n) is 4.15. The normalized spacial score (nSPS) is 13.5. The van der Waals surface area contributed by atoms with Crippen molar-refractivity contribution in [3.63, 3.8) is 0 Å². The summed E-state index contributed by atoms with van der Waals surface area (Å²) < 4.78 is 76.3. The Balaban J connectivity index is 4.40. The first-order chi connectivity index (χ1) is 4.19. The highest BCUT2D eigenvalue weighted by Crippen LogP contribution is 2.43. The average molecular weight is 169 g/mol. The van der Waals surface area contributed by atoms with Crippen molar-refractivity contribution in [2.24, 2.45) is 0 Å². The molecule has 0 heterocycles. The van der Waals surface area contributed by atoms with Crippen molar-refractivity contribution >= 4 is 0 Å². The first-order valence-electron chi connectivity index (χ1n) is 1.82. The van der Waals surface area contributed by atoms with Crippen molar-refractivity contribution in [1.29, 1.82) is 0 Å². The molecule has 0 spiro atoms. The minimum atomic E-state index is -6.20. The van der Waals surface area contributed by atoms with Crippen LogP contribution in [0.5, 0.6) is 0 Å². The van der Waals surface area contributed by atoms with Crippen LogP contribution in [0.1, 0.15) is 0 Å². The zero-order chi connectivity index (χ0) is 8.58. The van der Waals surface area contributed by atoms with Gasteiger partial charge in [-0.05, 0) is 0 Å². The van der Waals surface area contributed by atoms with Crippen LogP contribution in [0.25, 0.3) is 0 Å². The lowest BCUT2D eigenvalue weighted by Crippen LogP contribution is -2.39. The van der Waals surface area contributed by atoms with Crippen LogP contribution in [-0.2, 0) is 0 Å². The maximum atomic E-state index is 11.1. The fraction of sp³-hybridized carbons (Fsp3) is 0.667. The van der Waals surface area contributed by atoms with Gasteiger partial charge in [-0.25, -0.2) is 0 Å². The van der Waals surface area contributed by atoms with Gasteiger partial charge in [-0.3, -0.25) is 0 Å². The van der Waals surface area contributed by atoms with Crippen molar-refractivity contribution < 1.29 is 30.7 Å². The van der Waals surface area contributed by atoms with E-state index < -0.39 is 18.5 Å². The minimum absolute atomic E-state index is 3.94. The molecular weight excluding hydrogens is 169 g/mol. The molecule has 0 aliphatic heterocycles. The Kier molecular flexibility index (Phi) is 2.07. The van der Waals surface area contributed by atoms with E-state index in [1.807, 2.05) is 0 Å². The van der Waals surface area contributed by atoms with E-state index in [9.17, 15) is 30.7 Å². The maximum absolute atomic E-state index is 11.1. The molecule has 0 bridgehead atoms. The highest BCUT2D eigenvalue weighted by molar-refractivity contribution is 4.89. The van der Waals surface area contributed by atoms with Crippen LogP contribution in [0.4, 0.5) is 30.7 Å². The first kappa shape index (κ1) is 9.38. The Morgan fingerprint density at radius 3 is 1.10 bits per heavy atom. The van der Waals surface area contributed by atoms with Gasteiger partial charge in [-0.15, -0.1) is 8.78 Å². The first-order valence-corrected chi connectivity index (χ1v) is 1.82. The number of halogens is 7. The van der Waals surface area contributed by atoms with Crippen LogP contribution in [0.15, 0.2) is 0 Å². The summed E-state index contributed by atoms with van der Waals surface area (Å²) in [6.07, 6.45) is -10.1. The highest BCUT2D eigenvalue weighted by Gasteiger charge is 2.77. The molecule has 0 saturated carbocycles. The third kappa shape index (κ3) is 1.45. The molecule has 0 aliphatic rings. The van der Waals surface area contributed by atoms with Crippen LogP contribution < -0.4 is 0 Å². The summed E-state index contributed by atoms with van der Waals surface area (Å²) in [5.74, 6) is -5.98. The van der Waals surface area contributed by atoms with Gasteiger partial charge in [0.1, 0.15) is 0 Å². The number of hydrogen-bond acceptors (Lipinski definition) is 0. The van der Waals surface area contributed by atoms with E-state index in [1.165, 1.54) is 0 Å². The predicted octanol–water partition coefficient (Wildman–Crippen LogP) is 2.61. The topological polar surface area (TPSA) is 0 Å². The number of hydrogen-bond donors (Lipinski definition) is 0. The van der Waals surface area contributed by atoms with Gasteiger partial charge in [-0.1, -0.05) is 0 Å². The largest absolute Gasteiger partial charge is 0.589 e. The highest BCUT2D eigenvalue weighted by atomic mass is 19.4. The van der Waals surface area contributed by atoms with Crippen molar-refractivity contribution in [2.45, 2.75) is 12.1 Å². The van der Waals surface area contributed by atoms with E-state index in [2.05, 4.69) is 0 Å². The van der Waals surface area contributed by atoms with Gasteiger partial charge in [0.25, 0.3) is 0 Å². The van der Waals surface area contributed by atoms with Gasteiger partial charge in [0.15, 0.2) is 0 Å². The molecule has 60 valence electrons. The van der Waals surface area contributed by atoms with Gasteiger partial charge in [0, 0.05) is 0 Å². The SMILES string of the molecule is F[C+](F)C(F)(F)C(F)(F)F. The molecule has 0 aromatic heterocycles. The molecule has 0 aromatic rings. The molecular formula is C3F7+. The van der Waals surface area contributed by atoms with E-state index >= 15 is 0 Å². The second-order valence-corrected chi connectivity index (χ2v) is 1.33. The molecule has 0 amide bonds. The summed E-state index contributed by atoms with van der Waals surface area (Å²) in [6.45, 7) is 0. The van der Waals surface area contributed by atoms with Crippen LogP contribution in [-0.4, -0.2) is 12.1 Å². The van der Waals surface area contributed by atoms with Gasteiger partial charge < -0.3 is 0 Å². The number of rotatable bonds is 1. The fourth-order valence-electron chi connectivity index (χ4n) is 0.107. The Morgan fingerprint density at radius 1 is 0.800 bits per heavy atom. The smallest absolute Gasteiger partial charge is 0.161 e. The van der Waals surface area contributed by atoms with Gasteiger partial charge in [-0.2, -0.15) is 13.2 Å². The molecule has 7 heteroatoms. The van der Waals surface area contributed by atoms with Crippen LogP contribution in [0.2, 0.25) is 0 Å². The van der Waals surface area contributed by atoms with E-state index in [4.69, 9.17) is 0 Å². The van der Waals surface area contributed by atoms with Gasteiger partial charge in [0.2, 0.25) is 0 Å². The third-order valence-electron chi connectivity index (χ3n) is 0.593. The van der Waals surface area contributed by atoms with Crippen LogP contribution in [0, 0.1) is 6.43 Å². The van der Waals surface area contributed by atoms with Crippen molar-refractivity contribution in [2.75, 3.05) is 0 Å². The van der Waals surface area contributed by atoms with E-state index in [1.54, 1.807) is 0 Å². The van der Waals surface area contributed by atoms with Crippen molar-refractivity contribution in [3.8, 4) is 0 Å². The standard InChI is InChI=1S/C3F7/c4-1(5)2(6,7)3(8,9)10/q+1. The van der Waals surface area contributed by atoms with E-state index in [0.29, 0.717) is 0 Å². The quantitative estimate of drug-likeness (QED) is 0.418. The molecule has 0 saturated heterocycles. The van der Waals surface area contributed by atoms with Gasteiger partial charge >= 0.3 is 18.5 Å². The lowest BCUT2D eigenvalue weighted by Gasteiger charge is -2.06. The molecule has 0 nitrogen and oxygen atoms in total. The third-order valence-corrected chi connectivity index (χ3v) is 0.593. The zero-order valence-corrected chi connectivity index (χ0v) is 4.15. The monoisotopic (exact) mass is 169 g/mol. The Morgan fingerprint density at radius 2 is 1.10 bits per heavy atom. The number of alkyl halides is 5. The van der Waals surface area contributed by atoms with Gasteiger partial charge in [0.05, 0.1) is 8.78 Å². The molecule has 0 aliphatic carbocycles. The average Bonchev–Trinajstić information content (AvgIpc) is 1.62. The Labute approximate surface area is 50.6 Å². The molecule has 0 N–H and O–H groups in total. The predicted molar refractivity (Wildman–Crippen MR) is 16.5 cm³/mol. The molecule has 0 aromatic carbocycles. The minimum Gasteiger partial charge on any atom is -0.161 e. The lowest BCUT2D eigenvalue weighted by atomic mass is 10.3. The summed E-state index contributed by atoms with van der Waals surface area (Å²) in [7, 11) is 0. The molecule has 0 atom stereocenters. The Hall–Kier alpha value is -0.620. The summed E-state index contributed by atoms with van der Waals surface area (Å²) >= 11 is 0. The molecule has 0 unspecified atom stereocenters. The van der Waals surface area contributed by atoms with Crippen LogP contribution in [0.3, 0.4) is 0 Å². The van der Waals surface area contributed by atoms with Crippen molar-refractivity contribution in [1.82, 2.24) is 0 Å². The lowest BCUT2D eigenvalue weighted by molar-refractivity contribution is -0.294. The fourth-order valence-corrected chi connectivity index (χ4v) is 0.107. The second kappa shape index (κ2) is 2.21. The second-order valence-electron chi connectivity index (χ2n) is 1.33. The van der Waals surface area contributed by atoms with E-state index in [0.717, 1.165) is 0 Å². The van der Waals surface area contributed by atoms with Crippen molar-refractivity contribution in [3.05, 3.63) is 6.43 Å². The van der Waals surface area contributed by atoms with E-state index in [-0.39, 0.29) is 0 Å². The summed E-state index contributed by atoms with van der Waals surface area (Å²) in [4.78, 5) is 0. The van der Waals surface area contributed by atoms with Crippen LogP contribution >= 0.6 is 0 Å². The molecule has 10 heavy (non-hydrogen) atoms. The molecule has 0 rings (SSSR count). The summed E-state index contributed by atoms with van der Waals surface area (Å²) in [5, 5.41) is 0.